The number of nitrogens with one attached hydrogen (secondary N) is 1. The quantitative estimate of drug-likeness (QED) is 0.361. The molecule has 1 fully saturated rings. The number of non-ortho nitro benzene ring substituents is 1. The number of nitro benzene ring substituents is 1. The van der Waals surface area contributed by atoms with Crippen molar-refractivity contribution >= 4 is 23.4 Å². The first-order valence-electron chi connectivity index (χ1n) is 11.6. The van der Waals surface area contributed by atoms with Gasteiger partial charge >= 0.3 is 0 Å². The summed E-state index contributed by atoms with van der Waals surface area (Å²) in [5, 5.41) is 13.9. The summed E-state index contributed by atoms with van der Waals surface area (Å²) in [6.07, 6.45) is -1.47. The number of hydrogen-bond donors (Lipinski definition) is 2. The predicted molar refractivity (Wildman–Crippen MR) is 131 cm³/mol. The van der Waals surface area contributed by atoms with Crippen molar-refractivity contribution < 1.29 is 28.1 Å². The Morgan fingerprint density at radius 3 is 2.13 bits per heavy atom. The smallest absolute Gasteiger partial charge is 0.270 e. The Bertz CT molecular complexity index is 1400. The van der Waals surface area contributed by atoms with E-state index in [9.17, 15) is 33.3 Å². The third kappa shape index (κ3) is 5.65. The summed E-state index contributed by atoms with van der Waals surface area (Å²) in [5.41, 5.74) is 6.52. The molecular formula is C26H23F2N5O5. The number of nitro groups is 1. The van der Waals surface area contributed by atoms with Crippen LogP contribution in [0.5, 0.6) is 0 Å². The van der Waals surface area contributed by atoms with Crippen molar-refractivity contribution in [1.82, 2.24) is 15.1 Å². The maximum atomic E-state index is 13.8. The lowest BCUT2D eigenvalue weighted by atomic mass is 10.1. The summed E-state index contributed by atoms with van der Waals surface area (Å²) in [6.45, 7) is 0.144. The Labute approximate surface area is 215 Å². The summed E-state index contributed by atoms with van der Waals surface area (Å²) in [7, 11) is 0. The lowest BCUT2D eigenvalue weighted by molar-refractivity contribution is -0.384. The van der Waals surface area contributed by atoms with Crippen molar-refractivity contribution in [2.75, 3.05) is 13.1 Å². The van der Waals surface area contributed by atoms with E-state index in [1.807, 2.05) is 6.07 Å². The zero-order valence-corrected chi connectivity index (χ0v) is 20.0. The van der Waals surface area contributed by atoms with E-state index in [0.29, 0.717) is 12.6 Å². The molecule has 1 unspecified atom stereocenters. The minimum Gasteiger partial charge on any atom is -0.349 e. The Kier molecular flexibility index (Phi) is 7.72. The van der Waals surface area contributed by atoms with Crippen LogP contribution < -0.4 is 11.1 Å². The fraction of sp³-hybridized carbons (Fsp3) is 0.192. The number of rotatable bonds is 7. The molecule has 1 heterocycles. The fourth-order valence-electron chi connectivity index (χ4n) is 4.25. The lowest BCUT2D eigenvalue weighted by Crippen LogP contribution is -2.53. The zero-order valence-electron chi connectivity index (χ0n) is 20.0. The number of halogens is 2. The van der Waals surface area contributed by atoms with Crippen LogP contribution in [-0.2, 0) is 17.9 Å². The lowest BCUT2D eigenvalue weighted by Gasteiger charge is -2.29. The van der Waals surface area contributed by atoms with Gasteiger partial charge in [-0.1, -0.05) is 30.3 Å². The number of nitrogens with two attached hydrogens (primary N) is 1. The van der Waals surface area contributed by atoms with E-state index < -0.39 is 40.4 Å². The minimum atomic E-state index is -1.47. The van der Waals surface area contributed by atoms with Crippen molar-refractivity contribution in [3.8, 4) is 0 Å². The van der Waals surface area contributed by atoms with Crippen LogP contribution in [0.4, 0.5) is 14.5 Å². The second-order valence-electron chi connectivity index (χ2n) is 8.58. The fourth-order valence-corrected chi connectivity index (χ4v) is 4.25. The van der Waals surface area contributed by atoms with Crippen LogP contribution in [0.25, 0.3) is 0 Å². The highest BCUT2D eigenvalue weighted by molar-refractivity contribution is 6.02. The molecule has 0 radical (unpaired) electrons. The summed E-state index contributed by atoms with van der Waals surface area (Å²) >= 11 is 0. The van der Waals surface area contributed by atoms with Crippen molar-refractivity contribution in [1.29, 1.82) is 0 Å². The van der Waals surface area contributed by atoms with Gasteiger partial charge in [0, 0.05) is 55.5 Å². The van der Waals surface area contributed by atoms with Gasteiger partial charge < -0.3 is 20.9 Å². The van der Waals surface area contributed by atoms with Gasteiger partial charge in [-0.3, -0.25) is 24.5 Å². The van der Waals surface area contributed by atoms with Gasteiger partial charge in [0.2, 0.25) is 0 Å². The van der Waals surface area contributed by atoms with Gasteiger partial charge in [0.05, 0.1) is 4.92 Å². The molecule has 0 aromatic heterocycles. The Morgan fingerprint density at radius 2 is 1.50 bits per heavy atom. The average molecular weight is 523 g/mol. The van der Waals surface area contributed by atoms with E-state index in [0.717, 1.165) is 39.1 Å². The van der Waals surface area contributed by atoms with Crippen LogP contribution in [0.15, 0.2) is 66.7 Å². The average Bonchev–Trinajstić information content (AvgIpc) is 3.35. The predicted octanol–water partition coefficient (Wildman–Crippen LogP) is 2.57. The van der Waals surface area contributed by atoms with Gasteiger partial charge in [-0.15, -0.1) is 0 Å². The Morgan fingerprint density at radius 1 is 0.895 bits per heavy atom. The summed E-state index contributed by atoms with van der Waals surface area (Å²) in [6, 6.07) is 14.4. The molecular weight excluding hydrogens is 500 g/mol. The first kappa shape index (κ1) is 26.4. The maximum Gasteiger partial charge on any atom is 0.270 e. The van der Waals surface area contributed by atoms with E-state index in [-0.39, 0.29) is 36.4 Å². The van der Waals surface area contributed by atoms with Gasteiger partial charge in [0.15, 0.2) is 6.17 Å². The summed E-state index contributed by atoms with van der Waals surface area (Å²) in [4.78, 5) is 52.7. The molecule has 1 saturated heterocycles. The van der Waals surface area contributed by atoms with Gasteiger partial charge in [0.1, 0.15) is 11.6 Å². The van der Waals surface area contributed by atoms with Crippen molar-refractivity contribution in [2.24, 2.45) is 5.73 Å². The molecule has 38 heavy (non-hydrogen) atoms. The molecule has 0 bridgehead atoms. The normalized spacial score (nSPS) is 14.9. The molecule has 0 spiro atoms. The molecule has 196 valence electrons. The zero-order chi connectivity index (χ0) is 27.4. The summed E-state index contributed by atoms with van der Waals surface area (Å²) < 4.78 is 27.6. The van der Waals surface area contributed by atoms with E-state index in [1.54, 1.807) is 18.2 Å². The van der Waals surface area contributed by atoms with Gasteiger partial charge in [0.25, 0.3) is 23.4 Å². The molecule has 3 amide bonds. The van der Waals surface area contributed by atoms with Crippen molar-refractivity contribution in [3.05, 3.63) is 111 Å². The monoisotopic (exact) mass is 523 g/mol. The van der Waals surface area contributed by atoms with Crippen molar-refractivity contribution in [3.63, 3.8) is 0 Å². The maximum absolute atomic E-state index is 13.8. The van der Waals surface area contributed by atoms with Crippen LogP contribution in [0.1, 0.15) is 31.8 Å². The second-order valence-corrected chi connectivity index (χ2v) is 8.58. The molecule has 1 atom stereocenters. The first-order valence-corrected chi connectivity index (χ1v) is 11.6. The van der Waals surface area contributed by atoms with Crippen LogP contribution in [-0.4, -0.2) is 51.7 Å². The molecule has 0 aliphatic carbocycles. The van der Waals surface area contributed by atoms with E-state index >= 15 is 0 Å². The highest BCUT2D eigenvalue weighted by atomic mass is 19.1. The molecule has 12 heteroatoms. The SMILES string of the molecule is NCc1cccc(CNC(=O)C2N(C(=O)c3cc(F)cc(F)c3)CCN2C(=O)c2cccc([N+](=O)[O-])c2)c1. The molecule has 3 aromatic carbocycles. The number of benzene rings is 3. The van der Waals surface area contributed by atoms with Crippen molar-refractivity contribution in [2.45, 2.75) is 19.3 Å². The highest BCUT2D eigenvalue weighted by Crippen LogP contribution is 2.23. The van der Waals surface area contributed by atoms with E-state index in [2.05, 4.69) is 5.32 Å². The standard InChI is InChI=1S/C26H23F2N5O5/c27-20-10-19(11-21(28)13-20)26(36)32-8-7-31(25(35)18-5-2-6-22(12-18)33(37)38)24(32)23(34)30-15-17-4-1-3-16(9-17)14-29/h1-6,9-13,24H,7-8,14-15,29H2,(H,30,34). The van der Waals surface area contributed by atoms with Gasteiger partial charge in [-0.05, 0) is 29.3 Å². The highest BCUT2D eigenvalue weighted by Gasteiger charge is 2.43. The summed E-state index contributed by atoms with van der Waals surface area (Å²) in [5.74, 6) is -4.25. The molecule has 0 saturated carbocycles. The number of nitrogens with zero attached hydrogens (tertiary/aromatic N) is 3. The Hall–Kier alpha value is -4.71. The molecule has 4 rings (SSSR count). The van der Waals surface area contributed by atoms with Crippen LogP contribution >= 0.6 is 0 Å². The van der Waals surface area contributed by atoms with Gasteiger partial charge in [-0.2, -0.15) is 0 Å². The molecule has 1 aliphatic heterocycles. The van der Waals surface area contributed by atoms with Crippen LogP contribution in [0.2, 0.25) is 0 Å². The number of hydrogen-bond acceptors (Lipinski definition) is 6. The Balaban J connectivity index is 1.64. The van der Waals surface area contributed by atoms with E-state index in [1.165, 1.54) is 18.2 Å². The number of carbonyl (C=O) groups excluding carboxylic acids is 3. The molecule has 3 N–H and O–H groups in total. The largest absolute Gasteiger partial charge is 0.349 e. The van der Waals surface area contributed by atoms with Gasteiger partial charge in [-0.25, -0.2) is 8.78 Å². The molecule has 10 nitrogen and oxygen atoms in total. The third-order valence-electron chi connectivity index (χ3n) is 6.04. The second kappa shape index (κ2) is 11.1. The third-order valence-corrected chi connectivity index (χ3v) is 6.04. The van der Waals surface area contributed by atoms with E-state index in [4.69, 9.17) is 5.73 Å². The number of amides is 3. The first-order chi connectivity index (χ1) is 18.2. The minimum absolute atomic E-state index is 0.0542. The topological polar surface area (TPSA) is 139 Å². The number of carbonyl (C=O) groups is 3. The van der Waals surface area contributed by atoms with Crippen LogP contribution in [0, 0.1) is 21.7 Å². The molecule has 1 aliphatic rings. The molecule has 3 aromatic rings. The van der Waals surface area contributed by atoms with Crippen LogP contribution in [0.3, 0.4) is 0 Å².